The van der Waals surface area contributed by atoms with Crippen LogP contribution < -0.4 is 4.74 Å². The second-order valence-corrected chi connectivity index (χ2v) is 5.67. The predicted octanol–water partition coefficient (Wildman–Crippen LogP) is 0.418. The first-order chi connectivity index (χ1) is 13.8. The van der Waals surface area contributed by atoms with Crippen LogP contribution in [0.1, 0.15) is 10.4 Å². The van der Waals surface area contributed by atoms with Gasteiger partial charge in [-0.15, -0.1) is 0 Å². The first kappa shape index (κ1) is 23.6. The molecule has 10 nitrogen and oxygen atoms in total. The van der Waals surface area contributed by atoms with Gasteiger partial charge in [-0.1, -0.05) is 0 Å². The fraction of sp³-hybridized carbons (Fsp3) is 0.421. The number of esters is 4. The predicted molar refractivity (Wildman–Crippen MR) is 95.9 cm³/mol. The van der Waals surface area contributed by atoms with E-state index in [0.717, 1.165) is 28.4 Å². The molecule has 0 radical (unpaired) electrons. The Hall–Kier alpha value is -3.43. The van der Waals surface area contributed by atoms with Crippen LogP contribution in [0, 0.1) is 17.8 Å². The number of carbonyl (C=O) groups is 5. The van der Waals surface area contributed by atoms with Crippen LogP contribution in [-0.4, -0.2) is 65.2 Å². The molecule has 0 heterocycles. The highest BCUT2D eigenvalue weighted by Gasteiger charge is 2.52. The maximum absolute atomic E-state index is 13.2. The average Bonchev–Trinajstić information content (AvgIpc) is 2.76. The molecule has 0 aliphatic heterocycles. The summed E-state index contributed by atoms with van der Waals surface area (Å²) in [7, 11) is 5.36. The molecular formula is C19H22O10. The third kappa shape index (κ3) is 5.31. The molecule has 158 valence electrons. The quantitative estimate of drug-likeness (QED) is 0.244. The summed E-state index contributed by atoms with van der Waals surface area (Å²) < 4.78 is 23.4. The second-order valence-electron chi connectivity index (χ2n) is 5.67. The second kappa shape index (κ2) is 10.8. The van der Waals surface area contributed by atoms with Crippen LogP contribution in [0.3, 0.4) is 0 Å². The number of methoxy groups -OCH3 is 5. The van der Waals surface area contributed by atoms with Gasteiger partial charge in [0.15, 0.2) is 17.6 Å². The van der Waals surface area contributed by atoms with Gasteiger partial charge >= 0.3 is 23.9 Å². The molecule has 0 aliphatic carbocycles. The average molecular weight is 410 g/mol. The minimum absolute atomic E-state index is 0.00594. The molecule has 0 atom stereocenters. The molecule has 0 unspecified atom stereocenters. The highest BCUT2D eigenvalue weighted by Crippen LogP contribution is 2.31. The van der Waals surface area contributed by atoms with Gasteiger partial charge in [0.05, 0.1) is 41.5 Å². The van der Waals surface area contributed by atoms with E-state index < -0.39 is 47.4 Å². The summed E-state index contributed by atoms with van der Waals surface area (Å²) in [4.78, 5) is 62.5. The molecule has 1 aromatic carbocycles. The maximum atomic E-state index is 13.2. The monoisotopic (exact) mass is 410 g/mol. The van der Waals surface area contributed by atoms with Gasteiger partial charge < -0.3 is 23.7 Å². The van der Waals surface area contributed by atoms with Crippen molar-refractivity contribution in [2.45, 2.75) is 0 Å². The van der Waals surface area contributed by atoms with Crippen molar-refractivity contribution >= 4 is 29.7 Å². The van der Waals surface area contributed by atoms with Crippen LogP contribution in [0.2, 0.25) is 0 Å². The lowest BCUT2D eigenvalue weighted by molar-refractivity contribution is -0.167. The number of hydrogen-bond acceptors (Lipinski definition) is 10. The first-order valence-corrected chi connectivity index (χ1v) is 8.26. The number of benzene rings is 1. The fourth-order valence-electron chi connectivity index (χ4n) is 2.73. The van der Waals surface area contributed by atoms with E-state index in [-0.39, 0.29) is 5.56 Å². The molecule has 0 N–H and O–H groups in total. The van der Waals surface area contributed by atoms with Crippen molar-refractivity contribution in [2.75, 3.05) is 35.5 Å². The van der Waals surface area contributed by atoms with Gasteiger partial charge in [-0.2, -0.15) is 0 Å². The van der Waals surface area contributed by atoms with E-state index in [9.17, 15) is 24.0 Å². The van der Waals surface area contributed by atoms with E-state index in [0.29, 0.717) is 5.75 Å². The Balaban J connectivity index is 3.65. The van der Waals surface area contributed by atoms with Gasteiger partial charge in [-0.05, 0) is 24.3 Å². The summed E-state index contributed by atoms with van der Waals surface area (Å²) in [5, 5.41) is 0. The Labute approximate surface area is 167 Å². The third-order valence-electron chi connectivity index (χ3n) is 4.22. The van der Waals surface area contributed by atoms with Crippen LogP contribution in [0.15, 0.2) is 24.3 Å². The Kier molecular flexibility index (Phi) is 8.78. The van der Waals surface area contributed by atoms with Crippen LogP contribution in [-0.2, 0) is 38.1 Å². The largest absolute Gasteiger partial charge is 0.497 e. The van der Waals surface area contributed by atoms with E-state index in [4.69, 9.17) is 4.74 Å². The van der Waals surface area contributed by atoms with Crippen LogP contribution in [0.25, 0.3) is 0 Å². The van der Waals surface area contributed by atoms with E-state index in [1.165, 1.54) is 31.4 Å². The van der Waals surface area contributed by atoms with Crippen molar-refractivity contribution in [1.82, 2.24) is 0 Å². The van der Waals surface area contributed by atoms with Crippen molar-refractivity contribution in [3.8, 4) is 5.75 Å². The Morgan fingerprint density at radius 2 is 0.966 bits per heavy atom. The fourth-order valence-corrected chi connectivity index (χ4v) is 2.73. The minimum atomic E-state index is -1.91. The SMILES string of the molecule is COC(=O)C(C(=O)OC)C(C(=O)c1ccc(OC)cc1)C(C(=O)OC)C(=O)OC. The lowest BCUT2D eigenvalue weighted by Crippen LogP contribution is -2.47. The summed E-state index contributed by atoms with van der Waals surface area (Å²) in [5.74, 6) is -10.7. The van der Waals surface area contributed by atoms with Gasteiger partial charge in [0.2, 0.25) is 0 Å². The molecule has 29 heavy (non-hydrogen) atoms. The number of hydrogen-bond donors (Lipinski definition) is 0. The minimum Gasteiger partial charge on any atom is -0.497 e. The van der Waals surface area contributed by atoms with E-state index in [1.807, 2.05) is 0 Å². The van der Waals surface area contributed by atoms with Crippen molar-refractivity contribution in [2.24, 2.45) is 17.8 Å². The standard InChI is InChI=1S/C19H22O10/c1-25-11-8-6-10(7-9-11)15(20)12(13(16(21)26-2)17(22)27-3)14(18(23)28-4)19(24)29-5/h6-9,12-14H,1-5H3. The zero-order valence-corrected chi connectivity index (χ0v) is 16.6. The Bertz CT molecular complexity index is 700. The maximum Gasteiger partial charge on any atom is 0.320 e. The lowest BCUT2D eigenvalue weighted by Gasteiger charge is -2.26. The first-order valence-electron chi connectivity index (χ1n) is 8.26. The number of Topliss-reactive ketones (excluding diaryl/α,β-unsaturated/α-hetero) is 1. The number of ether oxygens (including phenoxy) is 5. The van der Waals surface area contributed by atoms with Gasteiger partial charge in [-0.3, -0.25) is 24.0 Å². The molecule has 0 spiro atoms. The summed E-state index contributed by atoms with van der Waals surface area (Å²) >= 11 is 0. The van der Waals surface area contributed by atoms with Crippen molar-refractivity contribution in [1.29, 1.82) is 0 Å². The van der Waals surface area contributed by atoms with Gasteiger partial charge in [0.25, 0.3) is 0 Å². The smallest absolute Gasteiger partial charge is 0.320 e. The highest BCUT2D eigenvalue weighted by atomic mass is 16.6. The van der Waals surface area contributed by atoms with E-state index >= 15 is 0 Å². The highest BCUT2D eigenvalue weighted by molar-refractivity contribution is 6.11. The third-order valence-corrected chi connectivity index (χ3v) is 4.22. The lowest BCUT2D eigenvalue weighted by atomic mass is 9.76. The molecular weight excluding hydrogens is 388 g/mol. The van der Waals surface area contributed by atoms with Gasteiger partial charge in [-0.25, -0.2) is 0 Å². The molecule has 1 aromatic rings. The normalized spacial score (nSPS) is 10.5. The molecule has 0 aromatic heterocycles. The number of rotatable bonds is 9. The summed E-state index contributed by atoms with van der Waals surface area (Å²) in [6.45, 7) is 0. The number of ketones is 1. The summed E-state index contributed by atoms with van der Waals surface area (Å²) in [6, 6.07) is 5.62. The number of carbonyl (C=O) groups excluding carboxylic acids is 5. The molecule has 0 saturated heterocycles. The molecule has 1 rings (SSSR count). The van der Waals surface area contributed by atoms with Crippen molar-refractivity contribution in [3.63, 3.8) is 0 Å². The van der Waals surface area contributed by atoms with Crippen LogP contribution in [0.5, 0.6) is 5.75 Å². The van der Waals surface area contributed by atoms with Crippen LogP contribution in [0.4, 0.5) is 0 Å². The topological polar surface area (TPSA) is 132 Å². The summed E-state index contributed by atoms with van der Waals surface area (Å²) in [5.41, 5.74) is 0.00594. The van der Waals surface area contributed by atoms with Crippen molar-refractivity contribution < 1.29 is 47.7 Å². The van der Waals surface area contributed by atoms with Crippen molar-refractivity contribution in [3.05, 3.63) is 29.8 Å². The molecule has 0 aliphatic rings. The van der Waals surface area contributed by atoms with Crippen LogP contribution >= 0.6 is 0 Å². The zero-order chi connectivity index (χ0) is 22.1. The van der Waals surface area contributed by atoms with E-state index in [1.54, 1.807) is 0 Å². The zero-order valence-electron chi connectivity index (χ0n) is 16.6. The summed E-state index contributed by atoms with van der Waals surface area (Å²) in [6.07, 6.45) is 0. The molecule has 10 heteroatoms. The molecule has 0 bridgehead atoms. The molecule has 0 fully saturated rings. The van der Waals surface area contributed by atoms with E-state index in [2.05, 4.69) is 18.9 Å². The van der Waals surface area contributed by atoms with Gasteiger partial charge in [0.1, 0.15) is 5.75 Å². The Morgan fingerprint density at radius 1 is 0.621 bits per heavy atom. The molecule has 0 saturated carbocycles. The van der Waals surface area contributed by atoms with Gasteiger partial charge in [0, 0.05) is 5.56 Å². The Morgan fingerprint density at radius 3 is 1.24 bits per heavy atom. The molecule has 0 amide bonds.